The lowest BCUT2D eigenvalue weighted by atomic mass is 10.2. The first-order valence-electron chi connectivity index (χ1n) is 9.69. The number of aromatic nitrogens is 1. The van der Waals surface area contributed by atoms with Crippen molar-refractivity contribution in [3.05, 3.63) is 77.0 Å². The molecular formula is C23H21N3O3S2. The highest BCUT2D eigenvalue weighted by Crippen LogP contribution is 2.33. The lowest BCUT2D eigenvalue weighted by molar-refractivity contribution is -0.130. The Morgan fingerprint density at radius 3 is 2.58 bits per heavy atom. The number of hydrazine groups is 1. The summed E-state index contributed by atoms with van der Waals surface area (Å²) in [5.41, 5.74) is 2.71. The second-order valence-electron chi connectivity index (χ2n) is 7.02. The van der Waals surface area contributed by atoms with Gasteiger partial charge in [0, 0.05) is 26.1 Å². The molecule has 158 valence electrons. The van der Waals surface area contributed by atoms with Crippen LogP contribution in [-0.2, 0) is 11.2 Å². The van der Waals surface area contributed by atoms with Gasteiger partial charge in [0.05, 0.1) is 17.2 Å². The Kier molecular flexibility index (Phi) is 6.50. The van der Waals surface area contributed by atoms with E-state index < -0.39 is 0 Å². The van der Waals surface area contributed by atoms with Gasteiger partial charge < -0.3 is 9.15 Å². The molecular weight excluding hydrogens is 430 g/mol. The third-order valence-corrected chi connectivity index (χ3v) is 5.83. The minimum Gasteiger partial charge on any atom is -0.493 e. The standard InChI is InChI=1S/C23H21N3O3S2/c1-25(2)26-22(27)20(31-23(26)30)14-16-8-10-19(11-9-16)28-13-12-18-15-29-21(24-18)17-6-4-3-5-7-17/h3-11,14-15H,12-13H2,1-2H3. The van der Waals surface area contributed by atoms with Gasteiger partial charge in [0.15, 0.2) is 4.32 Å². The molecule has 4 rings (SSSR count). The molecule has 0 bridgehead atoms. The number of nitrogens with zero attached hydrogens (tertiary/aromatic N) is 3. The molecule has 1 aliphatic rings. The molecule has 6 nitrogen and oxygen atoms in total. The molecule has 0 aliphatic carbocycles. The van der Waals surface area contributed by atoms with Crippen molar-refractivity contribution in [1.82, 2.24) is 15.0 Å². The van der Waals surface area contributed by atoms with Crippen LogP contribution in [0.4, 0.5) is 0 Å². The fourth-order valence-electron chi connectivity index (χ4n) is 3.02. The van der Waals surface area contributed by atoms with Crippen molar-refractivity contribution < 1.29 is 13.9 Å². The second kappa shape index (κ2) is 9.47. The fourth-order valence-corrected chi connectivity index (χ4v) is 4.43. The zero-order valence-electron chi connectivity index (χ0n) is 17.1. The molecule has 0 atom stereocenters. The number of hydrogen-bond donors (Lipinski definition) is 0. The molecule has 3 aromatic rings. The minimum absolute atomic E-state index is 0.109. The van der Waals surface area contributed by atoms with E-state index in [4.69, 9.17) is 21.4 Å². The maximum absolute atomic E-state index is 12.5. The highest BCUT2D eigenvalue weighted by Gasteiger charge is 2.33. The molecule has 0 N–H and O–H groups in total. The van der Waals surface area contributed by atoms with E-state index in [1.54, 1.807) is 25.4 Å². The molecule has 0 spiro atoms. The highest BCUT2D eigenvalue weighted by atomic mass is 32.2. The van der Waals surface area contributed by atoms with Crippen molar-refractivity contribution in [2.45, 2.75) is 6.42 Å². The van der Waals surface area contributed by atoms with Gasteiger partial charge >= 0.3 is 0 Å². The van der Waals surface area contributed by atoms with Crippen LogP contribution in [0.1, 0.15) is 11.3 Å². The zero-order valence-corrected chi connectivity index (χ0v) is 18.8. The normalized spacial score (nSPS) is 15.3. The van der Waals surface area contributed by atoms with Gasteiger partial charge in [0.1, 0.15) is 12.0 Å². The molecule has 1 saturated heterocycles. The predicted molar refractivity (Wildman–Crippen MR) is 126 cm³/mol. The number of oxazole rings is 1. The number of rotatable bonds is 7. The summed E-state index contributed by atoms with van der Waals surface area (Å²) in [4.78, 5) is 17.6. The van der Waals surface area contributed by atoms with Crippen LogP contribution in [0.5, 0.6) is 5.75 Å². The van der Waals surface area contributed by atoms with Crippen molar-refractivity contribution in [2.75, 3.05) is 20.7 Å². The van der Waals surface area contributed by atoms with Crippen molar-refractivity contribution in [2.24, 2.45) is 0 Å². The van der Waals surface area contributed by atoms with E-state index in [0.717, 1.165) is 22.6 Å². The van der Waals surface area contributed by atoms with Crippen LogP contribution in [0.25, 0.3) is 17.5 Å². The average Bonchev–Trinajstić information content (AvgIpc) is 3.34. The minimum atomic E-state index is -0.109. The lowest BCUT2D eigenvalue weighted by Crippen LogP contribution is -2.39. The Balaban J connectivity index is 1.32. The SMILES string of the molecule is CN(C)N1C(=O)C(=Cc2ccc(OCCc3coc(-c4ccccc4)n3)cc2)SC1=S. The molecule has 0 saturated carbocycles. The summed E-state index contributed by atoms with van der Waals surface area (Å²) in [5.74, 6) is 1.26. The smallest absolute Gasteiger partial charge is 0.280 e. The number of hydrogen-bond acceptors (Lipinski definition) is 7. The van der Waals surface area contributed by atoms with Crippen LogP contribution >= 0.6 is 24.0 Å². The number of ether oxygens (including phenoxy) is 1. The first-order valence-corrected chi connectivity index (χ1v) is 10.9. The Labute approximate surface area is 190 Å². The van der Waals surface area contributed by atoms with Crippen LogP contribution in [0.2, 0.25) is 0 Å². The molecule has 1 amide bonds. The van der Waals surface area contributed by atoms with Gasteiger partial charge in [-0.05, 0) is 35.9 Å². The van der Waals surface area contributed by atoms with Crippen LogP contribution < -0.4 is 4.74 Å². The van der Waals surface area contributed by atoms with E-state index in [2.05, 4.69) is 4.98 Å². The van der Waals surface area contributed by atoms with Crippen molar-refractivity contribution in [1.29, 1.82) is 0 Å². The third kappa shape index (κ3) is 5.04. The summed E-state index contributed by atoms with van der Waals surface area (Å²) in [5, 5.41) is 3.17. The largest absolute Gasteiger partial charge is 0.493 e. The van der Waals surface area contributed by atoms with Crippen molar-refractivity contribution in [3.63, 3.8) is 0 Å². The first kappa shape index (κ1) is 21.3. The summed E-state index contributed by atoms with van der Waals surface area (Å²) in [6.07, 6.45) is 4.15. The van der Waals surface area contributed by atoms with Crippen LogP contribution in [0.15, 0.2) is 70.2 Å². The quantitative estimate of drug-likeness (QED) is 0.383. The van der Waals surface area contributed by atoms with Gasteiger partial charge in [-0.15, -0.1) is 0 Å². The summed E-state index contributed by atoms with van der Waals surface area (Å²) in [7, 11) is 3.59. The van der Waals surface area contributed by atoms with E-state index in [9.17, 15) is 4.79 Å². The Morgan fingerprint density at radius 1 is 1.16 bits per heavy atom. The zero-order chi connectivity index (χ0) is 21.8. The van der Waals surface area contributed by atoms with Crippen molar-refractivity contribution >= 4 is 40.3 Å². The number of carbonyl (C=O) groups is 1. The lowest BCUT2D eigenvalue weighted by Gasteiger charge is -2.21. The molecule has 1 aromatic heterocycles. The molecule has 2 heterocycles. The van der Waals surface area contributed by atoms with Gasteiger partial charge in [-0.1, -0.05) is 54.3 Å². The fraction of sp³-hybridized carbons (Fsp3) is 0.174. The van der Waals surface area contributed by atoms with E-state index >= 15 is 0 Å². The van der Waals surface area contributed by atoms with Crippen LogP contribution in [0, 0.1) is 0 Å². The molecule has 0 unspecified atom stereocenters. The Hall–Kier alpha value is -2.94. The van der Waals surface area contributed by atoms with Crippen LogP contribution in [0.3, 0.4) is 0 Å². The molecule has 2 aromatic carbocycles. The molecule has 8 heteroatoms. The third-order valence-electron chi connectivity index (χ3n) is 4.55. The number of thiocarbonyl (C=S) groups is 1. The average molecular weight is 452 g/mol. The summed E-state index contributed by atoms with van der Waals surface area (Å²) < 4.78 is 11.9. The monoisotopic (exact) mass is 451 g/mol. The number of carbonyl (C=O) groups excluding carboxylic acids is 1. The molecule has 0 radical (unpaired) electrons. The second-order valence-corrected chi connectivity index (χ2v) is 8.69. The van der Waals surface area contributed by atoms with E-state index in [1.165, 1.54) is 16.8 Å². The summed E-state index contributed by atoms with van der Waals surface area (Å²) in [6.45, 7) is 0.488. The number of amides is 1. The van der Waals surface area contributed by atoms with Gasteiger partial charge in [0.2, 0.25) is 5.89 Å². The van der Waals surface area contributed by atoms with Gasteiger partial charge in [0.25, 0.3) is 5.91 Å². The maximum Gasteiger partial charge on any atom is 0.280 e. The molecule has 31 heavy (non-hydrogen) atoms. The first-order chi connectivity index (χ1) is 15.0. The van der Waals surface area contributed by atoms with E-state index in [-0.39, 0.29) is 5.91 Å². The van der Waals surface area contributed by atoms with E-state index in [0.29, 0.717) is 28.1 Å². The predicted octanol–water partition coefficient (Wildman–Crippen LogP) is 4.64. The number of benzene rings is 2. The van der Waals surface area contributed by atoms with Gasteiger partial charge in [-0.3, -0.25) is 4.79 Å². The topological polar surface area (TPSA) is 58.8 Å². The maximum atomic E-state index is 12.5. The van der Waals surface area contributed by atoms with Crippen molar-refractivity contribution in [3.8, 4) is 17.2 Å². The molecule has 1 aliphatic heterocycles. The highest BCUT2D eigenvalue weighted by molar-refractivity contribution is 8.26. The van der Waals surface area contributed by atoms with Crippen LogP contribution in [-0.4, -0.2) is 45.9 Å². The summed E-state index contributed by atoms with van der Waals surface area (Å²) >= 11 is 6.58. The molecule has 1 fully saturated rings. The van der Waals surface area contributed by atoms with E-state index in [1.807, 2.05) is 60.7 Å². The van der Waals surface area contributed by atoms with Gasteiger partial charge in [-0.25, -0.2) is 15.0 Å². The Morgan fingerprint density at radius 2 is 1.90 bits per heavy atom. The van der Waals surface area contributed by atoms with Gasteiger partial charge in [-0.2, -0.15) is 0 Å². The summed E-state index contributed by atoms with van der Waals surface area (Å²) in [6, 6.07) is 17.4. The number of thioether (sulfide) groups is 1. The Bertz CT molecular complexity index is 1110.